The van der Waals surface area contributed by atoms with Crippen molar-refractivity contribution >= 4 is 17.7 Å². The summed E-state index contributed by atoms with van der Waals surface area (Å²) in [6.07, 6.45) is 0.205. The molecule has 0 bridgehead atoms. The summed E-state index contributed by atoms with van der Waals surface area (Å²) in [5, 5.41) is 2.91. The van der Waals surface area contributed by atoms with E-state index < -0.39 is 11.0 Å². The van der Waals surface area contributed by atoms with E-state index in [4.69, 9.17) is 9.47 Å². The van der Waals surface area contributed by atoms with E-state index in [1.54, 1.807) is 12.0 Å². The fourth-order valence-electron chi connectivity index (χ4n) is 3.28. The van der Waals surface area contributed by atoms with Crippen molar-refractivity contribution in [2.75, 3.05) is 25.5 Å². The van der Waals surface area contributed by atoms with Crippen LogP contribution in [0.15, 0.2) is 18.2 Å². The standard InChI is InChI=1S/C17H22N2O4/c1-16(2,3)23-15(21)19-9-8-17(10-19)11-6-5-7-12(22-4)13(11)18-14(17)20/h5-7H,8-10H2,1-4H3,(H,18,20). The molecular formula is C17H22N2O4. The van der Waals surface area contributed by atoms with Crippen molar-refractivity contribution in [2.45, 2.75) is 38.2 Å². The van der Waals surface area contributed by atoms with Crippen LogP contribution in [0.3, 0.4) is 0 Å². The first-order chi connectivity index (χ1) is 10.8. The molecule has 2 aliphatic heterocycles. The lowest BCUT2D eigenvalue weighted by Crippen LogP contribution is -2.41. The van der Waals surface area contributed by atoms with Gasteiger partial charge in [-0.1, -0.05) is 12.1 Å². The topological polar surface area (TPSA) is 67.9 Å². The molecule has 1 fully saturated rings. The Morgan fingerprint density at radius 1 is 1.35 bits per heavy atom. The van der Waals surface area contributed by atoms with Gasteiger partial charge in [-0.05, 0) is 38.8 Å². The van der Waals surface area contributed by atoms with Gasteiger partial charge in [0.05, 0.1) is 18.2 Å². The van der Waals surface area contributed by atoms with Crippen molar-refractivity contribution in [3.05, 3.63) is 23.8 Å². The van der Waals surface area contributed by atoms with E-state index in [1.165, 1.54) is 0 Å². The molecule has 1 N–H and O–H groups in total. The first-order valence-corrected chi connectivity index (χ1v) is 7.74. The summed E-state index contributed by atoms with van der Waals surface area (Å²) in [6.45, 7) is 6.32. The van der Waals surface area contributed by atoms with Crippen molar-refractivity contribution in [2.24, 2.45) is 0 Å². The van der Waals surface area contributed by atoms with Gasteiger partial charge >= 0.3 is 6.09 Å². The lowest BCUT2D eigenvalue weighted by Gasteiger charge is -2.26. The molecule has 0 saturated carbocycles. The summed E-state index contributed by atoms with van der Waals surface area (Å²) in [7, 11) is 1.58. The summed E-state index contributed by atoms with van der Waals surface area (Å²) in [5.41, 5.74) is 0.353. The Kier molecular flexibility index (Phi) is 3.50. The van der Waals surface area contributed by atoms with Crippen LogP contribution in [0.25, 0.3) is 0 Å². The molecule has 6 nitrogen and oxygen atoms in total. The predicted octanol–water partition coefficient (Wildman–Crippen LogP) is 2.53. The van der Waals surface area contributed by atoms with Crippen molar-refractivity contribution < 1.29 is 19.1 Å². The van der Waals surface area contributed by atoms with E-state index >= 15 is 0 Å². The Bertz CT molecular complexity index is 665. The normalized spacial score (nSPS) is 23.0. The Hall–Kier alpha value is -2.24. The molecule has 23 heavy (non-hydrogen) atoms. The minimum Gasteiger partial charge on any atom is -0.495 e. The largest absolute Gasteiger partial charge is 0.495 e. The Labute approximate surface area is 135 Å². The molecule has 3 rings (SSSR count). The second-order valence-electron chi connectivity index (χ2n) is 7.07. The van der Waals surface area contributed by atoms with E-state index in [9.17, 15) is 9.59 Å². The SMILES string of the molecule is COc1cccc2c1NC(=O)C21CCN(C(=O)OC(C)(C)C)C1. The highest BCUT2D eigenvalue weighted by molar-refractivity contribution is 6.08. The maximum Gasteiger partial charge on any atom is 0.410 e. The number of ether oxygens (including phenoxy) is 2. The molecule has 1 spiro atoms. The van der Waals surface area contributed by atoms with Crippen LogP contribution in [0.4, 0.5) is 10.5 Å². The lowest BCUT2D eigenvalue weighted by atomic mass is 9.81. The number of para-hydroxylation sites is 1. The molecule has 2 aliphatic rings. The second-order valence-corrected chi connectivity index (χ2v) is 7.07. The van der Waals surface area contributed by atoms with E-state index in [0.29, 0.717) is 30.9 Å². The van der Waals surface area contributed by atoms with E-state index in [1.807, 2.05) is 39.0 Å². The number of hydrogen-bond acceptors (Lipinski definition) is 4. The average Bonchev–Trinajstić information content (AvgIpc) is 3.02. The van der Waals surface area contributed by atoms with Gasteiger partial charge in [0.25, 0.3) is 0 Å². The molecule has 1 atom stereocenters. The van der Waals surface area contributed by atoms with Crippen LogP contribution >= 0.6 is 0 Å². The number of hydrogen-bond donors (Lipinski definition) is 1. The van der Waals surface area contributed by atoms with Crippen molar-refractivity contribution in [3.8, 4) is 5.75 Å². The number of carbonyl (C=O) groups excluding carboxylic acids is 2. The quantitative estimate of drug-likeness (QED) is 0.864. The third-order valence-electron chi connectivity index (χ3n) is 4.36. The second kappa shape index (κ2) is 5.15. The predicted molar refractivity (Wildman–Crippen MR) is 85.7 cm³/mol. The van der Waals surface area contributed by atoms with Crippen LogP contribution in [0, 0.1) is 0 Å². The van der Waals surface area contributed by atoms with Gasteiger partial charge in [-0.3, -0.25) is 4.79 Å². The number of benzene rings is 1. The Balaban J connectivity index is 1.88. The molecule has 1 saturated heterocycles. The maximum absolute atomic E-state index is 12.6. The average molecular weight is 318 g/mol. The molecule has 0 aromatic heterocycles. The highest BCUT2D eigenvalue weighted by Crippen LogP contribution is 2.47. The highest BCUT2D eigenvalue weighted by atomic mass is 16.6. The van der Waals surface area contributed by atoms with Crippen LogP contribution < -0.4 is 10.1 Å². The van der Waals surface area contributed by atoms with Gasteiger partial charge in [0.15, 0.2) is 0 Å². The molecule has 2 amide bonds. The van der Waals surface area contributed by atoms with Crippen molar-refractivity contribution in [3.63, 3.8) is 0 Å². The molecule has 124 valence electrons. The molecule has 0 radical (unpaired) electrons. The summed E-state index contributed by atoms with van der Waals surface area (Å²) >= 11 is 0. The fraction of sp³-hybridized carbons (Fsp3) is 0.529. The number of rotatable bonds is 1. The Morgan fingerprint density at radius 3 is 2.74 bits per heavy atom. The number of methoxy groups -OCH3 is 1. The van der Waals surface area contributed by atoms with Crippen LogP contribution in [0.1, 0.15) is 32.8 Å². The Morgan fingerprint density at radius 2 is 2.09 bits per heavy atom. The van der Waals surface area contributed by atoms with E-state index in [2.05, 4.69) is 5.32 Å². The number of nitrogens with one attached hydrogen (secondary N) is 1. The van der Waals surface area contributed by atoms with E-state index in [-0.39, 0.29) is 12.0 Å². The van der Waals surface area contributed by atoms with Gasteiger partial charge in [-0.2, -0.15) is 0 Å². The number of anilines is 1. The number of fused-ring (bicyclic) bond motifs is 2. The zero-order valence-corrected chi connectivity index (χ0v) is 13.9. The van der Waals surface area contributed by atoms with Gasteiger partial charge < -0.3 is 19.7 Å². The highest BCUT2D eigenvalue weighted by Gasteiger charge is 2.53. The fourth-order valence-corrected chi connectivity index (χ4v) is 3.28. The summed E-state index contributed by atoms with van der Waals surface area (Å²) < 4.78 is 10.8. The molecule has 0 aliphatic carbocycles. The first-order valence-electron chi connectivity index (χ1n) is 7.74. The molecule has 2 heterocycles. The van der Waals surface area contributed by atoms with Gasteiger partial charge in [-0.25, -0.2) is 4.79 Å². The molecular weight excluding hydrogens is 296 g/mol. The minimum absolute atomic E-state index is 0.0805. The maximum atomic E-state index is 12.6. The number of carbonyl (C=O) groups is 2. The summed E-state index contributed by atoms with van der Waals surface area (Å²) in [4.78, 5) is 26.5. The lowest BCUT2D eigenvalue weighted by molar-refractivity contribution is -0.120. The molecule has 1 aromatic rings. The van der Waals surface area contributed by atoms with Crippen molar-refractivity contribution in [1.29, 1.82) is 0 Å². The third kappa shape index (κ3) is 2.52. The van der Waals surface area contributed by atoms with Crippen molar-refractivity contribution in [1.82, 2.24) is 4.90 Å². The zero-order valence-electron chi connectivity index (χ0n) is 13.9. The van der Waals surface area contributed by atoms with Crippen LogP contribution in [0.2, 0.25) is 0 Å². The third-order valence-corrected chi connectivity index (χ3v) is 4.36. The molecule has 6 heteroatoms. The van der Waals surface area contributed by atoms with Gasteiger partial charge in [0.2, 0.25) is 5.91 Å². The zero-order chi connectivity index (χ0) is 16.8. The molecule has 1 aromatic carbocycles. The van der Waals surface area contributed by atoms with Gasteiger partial charge in [-0.15, -0.1) is 0 Å². The minimum atomic E-state index is -0.708. The monoisotopic (exact) mass is 318 g/mol. The summed E-state index contributed by atoms with van der Waals surface area (Å²) in [6, 6.07) is 5.61. The van der Waals surface area contributed by atoms with Crippen LogP contribution in [-0.2, 0) is 14.9 Å². The van der Waals surface area contributed by atoms with Crippen LogP contribution in [-0.4, -0.2) is 42.7 Å². The number of amides is 2. The smallest absolute Gasteiger partial charge is 0.410 e. The first kappa shape index (κ1) is 15.6. The molecule has 1 unspecified atom stereocenters. The van der Waals surface area contributed by atoms with Gasteiger partial charge in [0, 0.05) is 13.1 Å². The van der Waals surface area contributed by atoms with E-state index in [0.717, 1.165) is 5.56 Å². The van der Waals surface area contributed by atoms with Crippen LogP contribution in [0.5, 0.6) is 5.75 Å². The number of likely N-dealkylation sites (tertiary alicyclic amines) is 1. The summed E-state index contributed by atoms with van der Waals surface area (Å²) in [5.74, 6) is 0.562. The van der Waals surface area contributed by atoms with Gasteiger partial charge in [0.1, 0.15) is 11.4 Å². The number of nitrogens with zero attached hydrogens (tertiary/aromatic N) is 1.